The lowest BCUT2D eigenvalue weighted by Crippen LogP contribution is -2.19. The molecule has 0 atom stereocenters. The largest absolute Gasteiger partial charge is 0.508 e. The van der Waals surface area contributed by atoms with Crippen molar-refractivity contribution in [2.24, 2.45) is 5.92 Å². The van der Waals surface area contributed by atoms with E-state index in [0.717, 1.165) is 17.5 Å². The van der Waals surface area contributed by atoms with Gasteiger partial charge < -0.3 is 10.4 Å². The third-order valence-electron chi connectivity index (χ3n) is 2.87. The van der Waals surface area contributed by atoms with E-state index in [-0.39, 0.29) is 0 Å². The Morgan fingerprint density at radius 1 is 1.12 bits per heavy atom. The molecule has 0 aliphatic rings. The summed E-state index contributed by atoms with van der Waals surface area (Å²) in [6.07, 6.45) is 0. The zero-order valence-electron chi connectivity index (χ0n) is 10.4. The smallest absolute Gasteiger partial charge is 0.120 e. The lowest BCUT2D eigenvalue weighted by molar-refractivity contribution is 0.462. The third kappa shape index (κ3) is 2.77. The second kappa shape index (κ2) is 5.19. The topological polar surface area (TPSA) is 32.3 Å². The first-order chi connectivity index (χ1) is 8.18. The van der Waals surface area contributed by atoms with E-state index < -0.39 is 0 Å². The Bertz CT molecular complexity index is 505. The monoisotopic (exact) mass is 229 g/mol. The van der Waals surface area contributed by atoms with Crippen molar-refractivity contribution in [1.82, 2.24) is 5.32 Å². The molecule has 0 aromatic heterocycles. The van der Waals surface area contributed by atoms with Gasteiger partial charge in [-0.05, 0) is 29.3 Å². The maximum atomic E-state index is 9.93. The van der Waals surface area contributed by atoms with Crippen LogP contribution < -0.4 is 5.32 Å². The Morgan fingerprint density at radius 2 is 1.88 bits per heavy atom. The molecule has 17 heavy (non-hydrogen) atoms. The van der Waals surface area contributed by atoms with Crippen LogP contribution in [0.5, 0.6) is 5.75 Å². The quantitative estimate of drug-likeness (QED) is 0.843. The lowest BCUT2D eigenvalue weighted by Gasteiger charge is -2.11. The second-order valence-corrected chi connectivity index (χ2v) is 4.81. The first-order valence-corrected chi connectivity index (χ1v) is 6.09. The summed E-state index contributed by atoms with van der Waals surface area (Å²) in [6.45, 7) is 6.03. The van der Waals surface area contributed by atoms with Gasteiger partial charge in [0.15, 0.2) is 0 Å². The molecule has 0 aliphatic heterocycles. The first kappa shape index (κ1) is 11.9. The van der Waals surface area contributed by atoms with Gasteiger partial charge in [-0.25, -0.2) is 0 Å². The number of hydrogen-bond donors (Lipinski definition) is 2. The van der Waals surface area contributed by atoms with Gasteiger partial charge in [0.2, 0.25) is 0 Å². The van der Waals surface area contributed by atoms with E-state index in [1.807, 2.05) is 18.2 Å². The average molecular weight is 229 g/mol. The predicted molar refractivity (Wildman–Crippen MR) is 72.2 cm³/mol. The van der Waals surface area contributed by atoms with Gasteiger partial charge in [0.25, 0.3) is 0 Å². The molecule has 0 saturated heterocycles. The lowest BCUT2D eigenvalue weighted by atomic mass is 10.0. The molecular formula is C15H19NO. The highest BCUT2D eigenvalue weighted by atomic mass is 16.3. The highest BCUT2D eigenvalue weighted by molar-refractivity contribution is 5.87. The zero-order valence-corrected chi connectivity index (χ0v) is 10.4. The van der Waals surface area contributed by atoms with Gasteiger partial charge >= 0.3 is 0 Å². The molecule has 90 valence electrons. The number of phenols is 1. The highest BCUT2D eigenvalue weighted by Crippen LogP contribution is 2.26. The van der Waals surface area contributed by atoms with E-state index in [0.29, 0.717) is 18.2 Å². The molecule has 2 rings (SSSR count). The van der Waals surface area contributed by atoms with Crippen molar-refractivity contribution in [2.45, 2.75) is 20.4 Å². The van der Waals surface area contributed by atoms with Crippen molar-refractivity contribution < 1.29 is 5.11 Å². The second-order valence-electron chi connectivity index (χ2n) is 4.81. The standard InChI is InChI=1S/C15H19NO/c1-11(2)9-16-10-14-13-6-4-3-5-12(13)7-8-15(14)17/h3-8,11,16-17H,9-10H2,1-2H3. The molecule has 0 aliphatic carbocycles. The Morgan fingerprint density at radius 3 is 2.65 bits per heavy atom. The Balaban J connectivity index is 2.28. The first-order valence-electron chi connectivity index (χ1n) is 6.09. The average Bonchev–Trinajstić information content (AvgIpc) is 2.32. The van der Waals surface area contributed by atoms with Crippen LogP contribution in [-0.2, 0) is 6.54 Å². The van der Waals surface area contributed by atoms with Gasteiger partial charge in [-0.1, -0.05) is 44.2 Å². The summed E-state index contributed by atoms with van der Waals surface area (Å²) in [5, 5.41) is 15.6. The van der Waals surface area contributed by atoms with Crippen LogP contribution in [0.25, 0.3) is 10.8 Å². The molecule has 2 heteroatoms. The zero-order chi connectivity index (χ0) is 12.3. The molecule has 2 aromatic carbocycles. The van der Waals surface area contributed by atoms with Crippen molar-refractivity contribution in [3.63, 3.8) is 0 Å². The number of nitrogens with one attached hydrogen (secondary N) is 1. The molecule has 2 aromatic rings. The van der Waals surface area contributed by atoms with Crippen molar-refractivity contribution in [1.29, 1.82) is 0 Å². The number of hydrogen-bond acceptors (Lipinski definition) is 2. The van der Waals surface area contributed by atoms with Gasteiger partial charge in [0, 0.05) is 12.1 Å². The van der Waals surface area contributed by atoms with E-state index in [2.05, 4.69) is 31.3 Å². The molecule has 0 bridgehead atoms. The fraction of sp³-hybridized carbons (Fsp3) is 0.333. The molecule has 0 saturated carbocycles. The molecule has 0 unspecified atom stereocenters. The van der Waals surface area contributed by atoms with Crippen LogP contribution in [0.1, 0.15) is 19.4 Å². The molecule has 2 N–H and O–H groups in total. The van der Waals surface area contributed by atoms with Gasteiger partial charge in [-0.2, -0.15) is 0 Å². The fourth-order valence-electron chi connectivity index (χ4n) is 2.00. The highest BCUT2D eigenvalue weighted by Gasteiger charge is 2.06. The summed E-state index contributed by atoms with van der Waals surface area (Å²) in [5.41, 5.74) is 0.990. The number of rotatable bonds is 4. The fourth-order valence-corrected chi connectivity index (χ4v) is 2.00. The molecule has 0 radical (unpaired) electrons. The van der Waals surface area contributed by atoms with Crippen molar-refractivity contribution in [3.05, 3.63) is 42.0 Å². The van der Waals surface area contributed by atoms with Gasteiger partial charge in [0.1, 0.15) is 5.75 Å². The predicted octanol–water partition coefficient (Wildman–Crippen LogP) is 3.29. The summed E-state index contributed by atoms with van der Waals surface area (Å²) in [7, 11) is 0. The van der Waals surface area contributed by atoms with E-state index in [1.54, 1.807) is 6.07 Å². The minimum absolute atomic E-state index is 0.375. The molecular weight excluding hydrogens is 210 g/mol. The van der Waals surface area contributed by atoms with Gasteiger partial charge in [-0.15, -0.1) is 0 Å². The molecule has 0 heterocycles. The summed E-state index contributed by atoms with van der Waals surface area (Å²) < 4.78 is 0. The minimum atomic E-state index is 0.375. The summed E-state index contributed by atoms with van der Waals surface area (Å²) in [4.78, 5) is 0. The SMILES string of the molecule is CC(C)CNCc1c(O)ccc2ccccc12. The summed E-state index contributed by atoms with van der Waals surface area (Å²) >= 11 is 0. The summed E-state index contributed by atoms with van der Waals surface area (Å²) in [5.74, 6) is 0.993. The van der Waals surface area contributed by atoms with Crippen molar-refractivity contribution in [3.8, 4) is 5.75 Å². The van der Waals surface area contributed by atoms with Crippen molar-refractivity contribution >= 4 is 10.8 Å². The van der Waals surface area contributed by atoms with Crippen LogP contribution in [0.4, 0.5) is 0 Å². The minimum Gasteiger partial charge on any atom is -0.508 e. The number of fused-ring (bicyclic) bond motifs is 1. The van der Waals surface area contributed by atoms with Gasteiger partial charge in [-0.3, -0.25) is 0 Å². The molecule has 2 nitrogen and oxygen atoms in total. The Labute approximate surface area is 102 Å². The van der Waals surface area contributed by atoms with Crippen LogP contribution in [0.2, 0.25) is 0 Å². The van der Waals surface area contributed by atoms with E-state index in [1.165, 1.54) is 5.39 Å². The van der Waals surface area contributed by atoms with Crippen molar-refractivity contribution in [2.75, 3.05) is 6.54 Å². The molecule has 0 fully saturated rings. The maximum absolute atomic E-state index is 9.93. The molecule has 0 spiro atoms. The third-order valence-corrected chi connectivity index (χ3v) is 2.87. The number of phenolic OH excluding ortho intramolecular Hbond substituents is 1. The normalized spacial score (nSPS) is 11.2. The van der Waals surface area contributed by atoms with Crippen LogP contribution >= 0.6 is 0 Å². The Kier molecular flexibility index (Phi) is 3.64. The number of benzene rings is 2. The van der Waals surface area contributed by atoms with Gasteiger partial charge in [0.05, 0.1) is 0 Å². The van der Waals surface area contributed by atoms with Crippen LogP contribution in [0.3, 0.4) is 0 Å². The van der Waals surface area contributed by atoms with E-state index in [4.69, 9.17) is 0 Å². The van der Waals surface area contributed by atoms with Crippen LogP contribution in [0.15, 0.2) is 36.4 Å². The van der Waals surface area contributed by atoms with E-state index in [9.17, 15) is 5.11 Å². The summed E-state index contributed by atoms with van der Waals surface area (Å²) in [6, 6.07) is 11.9. The van der Waals surface area contributed by atoms with Crippen LogP contribution in [-0.4, -0.2) is 11.7 Å². The van der Waals surface area contributed by atoms with Crippen LogP contribution in [0, 0.1) is 5.92 Å². The Hall–Kier alpha value is -1.54. The maximum Gasteiger partial charge on any atom is 0.120 e. The molecule has 0 amide bonds. The van der Waals surface area contributed by atoms with E-state index >= 15 is 0 Å². The number of aromatic hydroxyl groups is 1.